The van der Waals surface area contributed by atoms with Gasteiger partial charge in [0.2, 0.25) is 0 Å². The predicted molar refractivity (Wildman–Crippen MR) is 32.6 cm³/mol. The number of aromatic nitrogens is 1. The molecule has 4 heteroatoms. The van der Waals surface area contributed by atoms with E-state index >= 15 is 0 Å². The molecule has 4 nitrogen and oxygen atoms in total. The van der Waals surface area contributed by atoms with E-state index in [-0.39, 0.29) is 0 Å². The van der Waals surface area contributed by atoms with Crippen LogP contribution in [0.2, 0.25) is 0 Å². The summed E-state index contributed by atoms with van der Waals surface area (Å²) in [5.41, 5.74) is 0.590. The SMILES string of the molecule is CC(C(=O)O)c1cnoc1. The summed E-state index contributed by atoms with van der Waals surface area (Å²) in [7, 11) is 0. The normalized spacial score (nSPS) is 12.9. The maximum absolute atomic E-state index is 10.3. The molecule has 0 spiro atoms. The summed E-state index contributed by atoms with van der Waals surface area (Å²) < 4.78 is 4.47. The molecule has 0 aliphatic rings. The van der Waals surface area contributed by atoms with Crippen molar-refractivity contribution in [3.05, 3.63) is 18.0 Å². The molecule has 1 heterocycles. The van der Waals surface area contributed by atoms with E-state index in [4.69, 9.17) is 5.11 Å². The van der Waals surface area contributed by atoms with Gasteiger partial charge in [0.15, 0.2) is 0 Å². The molecule has 10 heavy (non-hydrogen) atoms. The molecule has 0 aromatic carbocycles. The van der Waals surface area contributed by atoms with Crippen LogP contribution in [0.5, 0.6) is 0 Å². The van der Waals surface area contributed by atoms with Crippen LogP contribution in [0.4, 0.5) is 0 Å². The lowest BCUT2D eigenvalue weighted by Crippen LogP contribution is -2.05. The van der Waals surface area contributed by atoms with Crippen molar-refractivity contribution in [1.82, 2.24) is 5.16 Å². The zero-order valence-corrected chi connectivity index (χ0v) is 5.44. The molecule has 1 aromatic heterocycles. The first-order valence-corrected chi connectivity index (χ1v) is 2.84. The molecule has 0 radical (unpaired) electrons. The van der Waals surface area contributed by atoms with E-state index < -0.39 is 11.9 Å². The molecule has 0 fully saturated rings. The molecule has 1 rings (SSSR count). The van der Waals surface area contributed by atoms with Gasteiger partial charge < -0.3 is 9.63 Å². The number of aliphatic carboxylic acids is 1. The Balaban J connectivity index is 2.77. The molecular weight excluding hydrogens is 134 g/mol. The Bertz CT molecular complexity index is 217. The van der Waals surface area contributed by atoms with Gasteiger partial charge in [-0.15, -0.1) is 0 Å². The van der Waals surface area contributed by atoms with E-state index in [2.05, 4.69) is 9.68 Å². The van der Waals surface area contributed by atoms with Crippen LogP contribution in [-0.4, -0.2) is 16.2 Å². The first kappa shape index (κ1) is 6.80. The summed E-state index contributed by atoms with van der Waals surface area (Å²) in [6, 6.07) is 0. The molecule has 54 valence electrons. The van der Waals surface area contributed by atoms with Gasteiger partial charge in [0.05, 0.1) is 12.1 Å². The van der Waals surface area contributed by atoms with Crippen molar-refractivity contribution in [3.8, 4) is 0 Å². The molecule has 0 saturated heterocycles. The van der Waals surface area contributed by atoms with Crippen LogP contribution in [0.25, 0.3) is 0 Å². The smallest absolute Gasteiger partial charge is 0.310 e. The van der Waals surface area contributed by atoms with Crippen LogP contribution in [0.1, 0.15) is 18.4 Å². The number of hydrogen-bond acceptors (Lipinski definition) is 3. The van der Waals surface area contributed by atoms with E-state index in [9.17, 15) is 4.79 Å². The Labute approximate surface area is 57.4 Å². The maximum atomic E-state index is 10.3. The molecule has 1 aromatic rings. The Hall–Kier alpha value is -1.32. The predicted octanol–water partition coefficient (Wildman–Crippen LogP) is 0.863. The summed E-state index contributed by atoms with van der Waals surface area (Å²) >= 11 is 0. The van der Waals surface area contributed by atoms with Gasteiger partial charge in [-0.2, -0.15) is 0 Å². The molecule has 0 aliphatic heterocycles. The third-order valence-electron chi connectivity index (χ3n) is 1.32. The molecule has 1 atom stereocenters. The van der Waals surface area contributed by atoms with Gasteiger partial charge in [-0.25, -0.2) is 0 Å². The lowest BCUT2D eigenvalue weighted by Gasteiger charge is -1.98. The lowest BCUT2D eigenvalue weighted by atomic mass is 10.1. The van der Waals surface area contributed by atoms with Crippen LogP contribution in [0.15, 0.2) is 17.0 Å². The molecular formula is C6H7NO3. The van der Waals surface area contributed by atoms with E-state index in [1.165, 1.54) is 12.5 Å². The maximum Gasteiger partial charge on any atom is 0.310 e. The average Bonchev–Trinajstić information content (AvgIpc) is 2.36. The number of rotatable bonds is 2. The monoisotopic (exact) mass is 141 g/mol. The van der Waals surface area contributed by atoms with Gasteiger partial charge >= 0.3 is 5.97 Å². The fourth-order valence-electron chi connectivity index (χ4n) is 0.569. The van der Waals surface area contributed by atoms with Crippen LogP contribution in [-0.2, 0) is 4.79 Å². The highest BCUT2D eigenvalue weighted by atomic mass is 16.5. The molecule has 0 aliphatic carbocycles. The second kappa shape index (κ2) is 2.51. The summed E-state index contributed by atoms with van der Waals surface area (Å²) in [6.07, 6.45) is 2.73. The van der Waals surface area contributed by atoms with Gasteiger partial charge in [0, 0.05) is 5.56 Å². The number of carboxylic acids is 1. The topological polar surface area (TPSA) is 63.3 Å². The second-order valence-corrected chi connectivity index (χ2v) is 2.02. The Kier molecular flexibility index (Phi) is 1.71. The van der Waals surface area contributed by atoms with Crippen LogP contribution in [0.3, 0.4) is 0 Å². The van der Waals surface area contributed by atoms with Crippen molar-refractivity contribution in [1.29, 1.82) is 0 Å². The summed E-state index contributed by atoms with van der Waals surface area (Å²) in [6.45, 7) is 1.58. The zero-order chi connectivity index (χ0) is 7.56. The van der Waals surface area contributed by atoms with Gasteiger partial charge in [-0.1, -0.05) is 5.16 Å². The van der Waals surface area contributed by atoms with E-state index in [0.29, 0.717) is 5.56 Å². The molecule has 0 saturated carbocycles. The third kappa shape index (κ3) is 1.15. The van der Waals surface area contributed by atoms with E-state index in [1.54, 1.807) is 6.92 Å². The van der Waals surface area contributed by atoms with Crippen LogP contribution < -0.4 is 0 Å². The van der Waals surface area contributed by atoms with E-state index in [0.717, 1.165) is 0 Å². The molecule has 0 amide bonds. The highest BCUT2D eigenvalue weighted by Crippen LogP contribution is 2.12. The number of hydrogen-bond donors (Lipinski definition) is 1. The average molecular weight is 141 g/mol. The van der Waals surface area contributed by atoms with Gasteiger partial charge in [0.1, 0.15) is 6.26 Å². The third-order valence-corrected chi connectivity index (χ3v) is 1.32. The minimum atomic E-state index is -0.872. The van der Waals surface area contributed by atoms with Crippen LogP contribution >= 0.6 is 0 Å². The summed E-state index contributed by atoms with van der Waals surface area (Å²) in [5.74, 6) is -1.41. The van der Waals surface area contributed by atoms with Crippen molar-refractivity contribution in [2.24, 2.45) is 0 Å². The number of nitrogens with zero attached hydrogens (tertiary/aromatic N) is 1. The van der Waals surface area contributed by atoms with Crippen molar-refractivity contribution in [2.75, 3.05) is 0 Å². The quantitative estimate of drug-likeness (QED) is 0.663. The fraction of sp³-hybridized carbons (Fsp3) is 0.333. The lowest BCUT2D eigenvalue weighted by molar-refractivity contribution is -0.138. The Morgan fingerprint density at radius 2 is 2.60 bits per heavy atom. The largest absolute Gasteiger partial charge is 0.481 e. The minimum absolute atomic E-state index is 0.536. The van der Waals surface area contributed by atoms with Gasteiger partial charge in [-0.05, 0) is 6.92 Å². The fourth-order valence-corrected chi connectivity index (χ4v) is 0.569. The number of carbonyl (C=O) groups is 1. The first-order chi connectivity index (χ1) is 4.72. The molecule has 1 unspecified atom stereocenters. The highest BCUT2D eigenvalue weighted by molar-refractivity contribution is 5.75. The second-order valence-electron chi connectivity index (χ2n) is 2.02. The molecule has 1 N–H and O–H groups in total. The first-order valence-electron chi connectivity index (χ1n) is 2.84. The standard InChI is InChI=1S/C6H7NO3/c1-4(6(8)9)5-2-7-10-3-5/h2-4H,1H3,(H,8,9). The van der Waals surface area contributed by atoms with Gasteiger partial charge in [-0.3, -0.25) is 4.79 Å². The van der Waals surface area contributed by atoms with E-state index in [1.807, 2.05) is 0 Å². The Morgan fingerprint density at radius 3 is 3.00 bits per heavy atom. The van der Waals surface area contributed by atoms with Crippen molar-refractivity contribution in [3.63, 3.8) is 0 Å². The van der Waals surface area contributed by atoms with Crippen molar-refractivity contribution < 1.29 is 14.4 Å². The summed E-state index contributed by atoms with van der Waals surface area (Å²) in [4.78, 5) is 10.3. The minimum Gasteiger partial charge on any atom is -0.481 e. The molecule has 0 bridgehead atoms. The summed E-state index contributed by atoms with van der Waals surface area (Å²) in [5, 5.41) is 11.9. The van der Waals surface area contributed by atoms with Crippen molar-refractivity contribution in [2.45, 2.75) is 12.8 Å². The van der Waals surface area contributed by atoms with Crippen molar-refractivity contribution >= 4 is 5.97 Å². The Morgan fingerprint density at radius 1 is 1.90 bits per heavy atom. The van der Waals surface area contributed by atoms with Gasteiger partial charge in [0.25, 0.3) is 0 Å². The zero-order valence-electron chi connectivity index (χ0n) is 5.44. The van der Waals surface area contributed by atoms with Crippen LogP contribution in [0, 0.1) is 0 Å². The highest BCUT2D eigenvalue weighted by Gasteiger charge is 2.14. The number of carboxylic acid groups (broad SMARTS) is 1.